The second kappa shape index (κ2) is 5.13. The quantitative estimate of drug-likeness (QED) is 0.720. The van der Waals surface area contributed by atoms with Gasteiger partial charge in [-0.25, -0.2) is 0 Å². The van der Waals surface area contributed by atoms with E-state index in [1.165, 1.54) is 11.1 Å². The zero-order valence-electron chi connectivity index (χ0n) is 9.67. The molecular formula is C14H13N3. The van der Waals surface area contributed by atoms with Crippen molar-refractivity contribution in [1.82, 2.24) is 4.57 Å². The van der Waals surface area contributed by atoms with Gasteiger partial charge in [0.05, 0.1) is 0 Å². The van der Waals surface area contributed by atoms with Gasteiger partial charge in [-0.15, -0.1) is 0 Å². The highest BCUT2D eigenvalue weighted by Crippen LogP contribution is 2.04. The molecule has 1 aromatic carbocycles. The number of nitriles is 1. The summed E-state index contributed by atoms with van der Waals surface area (Å²) >= 11 is 0. The van der Waals surface area contributed by atoms with Gasteiger partial charge in [0.25, 0.3) is 0 Å². The SMILES string of the molecule is Cc1ccc(Cn2cccc/c2=N\C#N)cc1. The fourth-order valence-electron chi connectivity index (χ4n) is 1.64. The molecule has 0 aliphatic rings. The molecule has 84 valence electrons. The van der Waals surface area contributed by atoms with Gasteiger partial charge in [0.1, 0.15) is 5.49 Å². The largest absolute Gasteiger partial charge is 0.328 e. The molecule has 0 radical (unpaired) electrons. The first-order valence-corrected chi connectivity index (χ1v) is 5.43. The van der Waals surface area contributed by atoms with Crippen molar-refractivity contribution in [3.63, 3.8) is 0 Å². The molecule has 1 heterocycles. The maximum atomic E-state index is 8.62. The smallest absolute Gasteiger partial charge is 0.207 e. The standard InChI is InChI=1S/C14H13N3/c1-12-5-7-13(8-6-12)10-17-9-3-2-4-14(17)16-11-15/h2-9H,10H2,1H3/b16-14+. The first-order valence-electron chi connectivity index (χ1n) is 5.43. The van der Waals surface area contributed by atoms with Crippen LogP contribution in [0.25, 0.3) is 0 Å². The minimum atomic E-state index is 0.676. The molecular weight excluding hydrogens is 210 g/mol. The molecule has 0 spiro atoms. The molecule has 0 amide bonds. The van der Waals surface area contributed by atoms with E-state index in [1.54, 1.807) is 0 Å². The summed E-state index contributed by atoms with van der Waals surface area (Å²) in [6.07, 6.45) is 3.75. The lowest BCUT2D eigenvalue weighted by Crippen LogP contribution is -2.19. The van der Waals surface area contributed by atoms with Gasteiger partial charge in [-0.2, -0.15) is 10.3 Å². The highest BCUT2D eigenvalue weighted by molar-refractivity contribution is 5.21. The first kappa shape index (κ1) is 11.2. The minimum Gasteiger partial charge on any atom is -0.328 e. The molecule has 3 nitrogen and oxygen atoms in total. The average molecular weight is 223 g/mol. The van der Waals surface area contributed by atoms with E-state index in [-0.39, 0.29) is 0 Å². The van der Waals surface area contributed by atoms with Gasteiger partial charge in [-0.3, -0.25) is 0 Å². The van der Waals surface area contributed by atoms with E-state index in [2.05, 4.69) is 36.2 Å². The number of aromatic nitrogens is 1. The number of hydrogen-bond acceptors (Lipinski definition) is 2. The van der Waals surface area contributed by atoms with Gasteiger partial charge in [-0.1, -0.05) is 35.9 Å². The third kappa shape index (κ3) is 2.82. The van der Waals surface area contributed by atoms with Crippen molar-refractivity contribution in [2.45, 2.75) is 13.5 Å². The Labute approximate surface area is 100 Å². The Kier molecular flexibility index (Phi) is 3.37. The maximum Gasteiger partial charge on any atom is 0.207 e. The van der Waals surface area contributed by atoms with E-state index in [1.807, 2.05) is 35.2 Å². The number of rotatable bonds is 2. The molecule has 0 aliphatic carbocycles. The molecule has 2 aromatic rings. The highest BCUT2D eigenvalue weighted by atomic mass is 15.0. The molecule has 2 rings (SSSR count). The van der Waals surface area contributed by atoms with Crippen LogP contribution >= 0.6 is 0 Å². The van der Waals surface area contributed by atoms with Crippen LogP contribution in [0.5, 0.6) is 0 Å². The maximum absolute atomic E-state index is 8.62. The molecule has 0 bridgehead atoms. The third-order valence-electron chi connectivity index (χ3n) is 2.55. The molecule has 0 atom stereocenters. The summed E-state index contributed by atoms with van der Waals surface area (Å²) in [6, 6.07) is 14.0. The molecule has 3 heteroatoms. The molecule has 0 fully saturated rings. The van der Waals surface area contributed by atoms with E-state index in [0.29, 0.717) is 5.49 Å². The zero-order chi connectivity index (χ0) is 12.1. The zero-order valence-corrected chi connectivity index (χ0v) is 9.67. The second-order valence-corrected chi connectivity index (χ2v) is 3.88. The molecule has 0 aliphatic heterocycles. The first-order chi connectivity index (χ1) is 8.29. The summed E-state index contributed by atoms with van der Waals surface area (Å²) in [5, 5.41) is 8.62. The summed E-state index contributed by atoms with van der Waals surface area (Å²) in [5.41, 5.74) is 3.12. The predicted molar refractivity (Wildman–Crippen MR) is 65.9 cm³/mol. The Morgan fingerprint density at radius 1 is 1.18 bits per heavy atom. The minimum absolute atomic E-state index is 0.676. The van der Waals surface area contributed by atoms with Crippen LogP contribution in [0.3, 0.4) is 0 Å². The van der Waals surface area contributed by atoms with Crippen LogP contribution in [0.15, 0.2) is 53.7 Å². The van der Waals surface area contributed by atoms with E-state index < -0.39 is 0 Å². The molecule has 0 saturated heterocycles. The Morgan fingerprint density at radius 2 is 1.94 bits per heavy atom. The average Bonchev–Trinajstić information content (AvgIpc) is 2.35. The van der Waals surface area contributed by atoms with Crippen molar-refractivity contribution in [3.8, 4) is 6.19 Å². The topological polar surface area (TPSA) is 41.1 Å². The van der Waals surface area contributed by atoms with Gasteiger partial charge in [0.2, 0.25) is 6.19 Å². The molecule has 0 unspecified atom stereocenters. The fraction of sp³-hybridized carbons (Fsp3) is 0.143. The van der Waals surface area contributed by atoms with Crippen LogP contribution in [0.2, 0.25) is 0 Å². The molecule has 17 heavy (non-hydrogen) atoms. The van der Waals surface area contributed by atoms with E-state index in [0.717, 1.165) is 6.54 Å². The summed E-state index contributed by atoms with van der Waals surface area (Å²) in [7, 11) is 0. The number of aryl methyl sites for hydroxylation is 1. The van der Waals surface area contributed by atoms with E-state index in [4.69, 9.17) is 5.26 Å². The van der Waals surface area contributed by atoms with Crippen molar-refractivity contribution < 1.29 is 0 Å². The number of pyridine rings is 1. The lowest BCUT2D eigenvalue weighted by molar-refractivity contribution is 0.743. The normalized spacial score (nSPS) is 11.2. The molecule has 1 aromatic heterocycles. The lowest BCUT2D eigenvalue weighted by atomic mass is 10.1. The predicted octanol–water partition coefficient (Wildman–Crippen LogP) is 2.23. The van der Waals surface area contributed by atoms with Crippen LogP contribution in [0.1, 0.15) is 11.1 Å². The van der Waals surface area contributed by atoms with Crippen LogP contribution < -0.4 is 5.49 Å². The summed E-state index contributed by atoms with van der Waals surface area (Å²) in [5.74, 6) is 0. The van der Waals surface area contributed by atoms with Crippen LogP contribution in [-0.2, 0) is 6.54 Å². The number of hydrogen-bond donors (Lipinski definition) is 0. The third-order valence-corrected chi connectivity index (χ3v) is 2.55. The van der Waals surface area contributed by atoms with Crippen molar-refractivity contribution in [1.29, 1.82) is 5.26 Å². The fourth-order valence-corrected chi connectivity index (χ4v) is 1.64. The Hall–Kier alpha value is -2.34. The molecule has 0 N–H and O–H groups in total. The Bertz CT molecular complexity index is 600. The van der Waals surface area contributed by atoms with Crippen LogP contribution in [0.4, 0.5) is 0 Å². The lowest BCUT2D eigenvalue weighted by Gasteiger charge is -2.06. The van der Waals surface area contributed by atoms with Gasteiger partial charge in [-0.05, 0) is 24.6 Å². The second-order valence-electron chi connectivity index (χ2n) is 3.88. The van der Waals surface area contributed by atoms with Crippen LogP contribution in [-0.4, -0.2) is 4.57 Å². The van der Waals surface area contributed by atoms with Gasteiger partial charge >= 0.3 is 0 Å². The van der Waals surface area contributed by atoms with Gasteiger partial charge in [0.15, 0.2) is 0 Å². The highest BCUT2D eigenvalue weighted by Gasteiger charge is 1.95. The monoisotopic (exact) mass is 223 g/mol. The van der Waals surface area contributed by atoms with E-state index in [9.17, 15) is 0 Å². The van der Waals surface area contributed by atoms with Crippen molar-refractivity contribution in [2.24, 2.45) is 4.99 Å². The number of nitrogens with zero attached hydrogens (tertiary/aromatic N) is 3. The van der Waals surface area contributed by atoms with Gasteiger partial charge < -0.3 is 4.57 Å². The van der Waals surface area contributed by atoms with Gasteiger partial charge in [0, 0.05) is 12.7 Å². The summed E-state index contributed by atoms with van der Waals surface area (Å²) < 4.78 is 1.95. The van der Waals surface area contributed by atoms with Crippen molar-refractivity contribution in [3.05, 3.63) is 65.3 Å². The van der Waals surface area contributed by atoms with E-state index >= 15 is 0 Å². The van der Waals surface area contributed by atoms with Crippen LogP contribution in [0, 0.1) is 18.4 Å². The molecule has 0 saturated carbocycles. The Balaban J connectivity index is 2.34. The van der Waals surface area contributed by atoms with Crippen molar-refractivity contribution >= 4 is 0 Å². The summed E-state index contributed by atoms with van der Waals surface area (Å²) in [6.45, 7) is 2.79. The number of benzene rings is 1. The Morgan fingerprint density at radius 3 is 2.65 bits per heavy atom. The summed E-state index contributed by atoms with van der Waals surface area (Å²) in [4.78, 5) is 3.79. The van der Waals surface area contributed by atoms with Crippen molar-refractivity contribution in [2.75, 3.05) is 0 Å².